The van der Waals surface area contributed by atoms with Gasteiger partial charge in [0, 0.05) is 0 Å². The Balaban J connectivity index is 2.02. The summed E-state index contributed by atoms with van der Waals surface area (Å²) in [5.41, 5.74) is -0.575. The van der Waals surface area contributed by atoms with Gasteiger partial charge in [-0.15, -0.1) is 0 Å². The minimum absolute atomic E-state index is 0.158. The van der Waals surface area contributed by atoms with E-state index in [0.29, 0.717) is 12.8 Å². The Kier molecular flexibility index (Phi) is 4.74. The van der Waals surface area contributed by atoms with Crippen molar-refractivity contribution in [2.75, 3.05) is 0 Å². The molecule has 5 nitrogen and oxygen atoms in total. The average Bonchev–Trinajstić information content (AvgIpc) is 3.31. The van der Waals surface area contributed by atoms with Crippen molar-refractivity contribution in [1.29, 1.82) is 5.26 Å². The molecule has 0 bridgehead atoms. The second kappa shape index (κ2) is 6.41. The van der Waals surface area contributed by atoms with Gasteiger partial charge in [0.2, 0.25) is 5.91 Å². The minimum Gasteiger partial charge on any atom is -0.459 e. The number of carbonyl (C=O) groups excluding carboxylic acids is 2. The van der Waals surface area contributed by atoms with Crippen LogP contribution in [0.15, 0.2) is 30.3 Å². The molecule has 1 aliphatic carbocycles. The number of hydrogen-bond acceptors (Lipinski definition) is 4. The van der Waals surface area contributed by atoms with Crippen LogP contribution < -0.4 is 5.32 Å². The van der Waals surface area contributed by atoms with Crippen LogP contribution in [-0.4, -0.2) is 17.9 Å². The van der Waals surface area contributed by atoms with E-state index in [9.17, 15) is 9.59 Å². The molecule has 1 aromatic carbocycles. The fourth-order valence-electron chi connectivity index (χ4n) is 2.22. The molecule has 0 spiro atoms. The Labute approximate surface area is 136 Å². The molecule has 0 saturated heterocycles. The highest BCUT2D eigenvalue weighted by Gasteiger charge is 2.52. The Hall–Kier alpha value is -2.35. The van der Waals surface area contributed by atoms with Gasteiger partial charge >= 0.3 is 5.97 Å². The number of benzene rings is 1. The summed E-state index contributed by atoms with van der Waals surface area (Å²) in [5.74, 6) is -0.861. The van der Waals surface area contributed by atoms with E-state index >= 15 is 0 Å². The zero-order valence-electron chi connectivity index (χ0n) is 13.8. The maximum Gasteiger partial charge on any atom is 0.329 e. The van der Waals surface area contributed by atoms with Crippen molar-refractivity contribution in [1.82, 2.24) is 5.32 Å². The molecule has 1 aliphatic rings. The molecule has 1 saturated carbocycles. The summed E-state index contributed by atoms with van der Waals surface area (Å²) >= 11 is 0. The van der Waals surface area contributed by atoms with Gasteiger partial charge in [-0.2, -0.15) is 5.26 Å². The molecule has 5 heteroatoms. The summed E-state index contributed by atoms with van der Waals surface area (Å²) in [5, 5.41) is 11.8. The average molecular weight is 314 g/mol. The summed E-state index contributed by atoms with van der Waals surface area (Å²) < 4.78 is 5.35. The molecule has 1 fully saturated rings. The third kappa shape index (κ3) is 4.10. The van der Waals surface area contributed by atoms with E-state index in [-0.39, 0.29) is 12.5 Å². The molecule has 1 N–H and O–H groups in total. The largest absolute Gasteiger partial charge is 0.459 e. The van der Waals surface area contributed by atoms with Crippen molar-refractivity contribution in [3.63, 3.8) is 0 Å². The van der Waals surface area contributed by atoms with Crippen molar-refractivity contribution >= 4 is 11.9 Å². The number of esters is 1. The van der Waals surface area contributed by atoms with E-state index in [4.69, 9.17) is 10.00 Å². The SMILES string of the molecule is CC(C)(C)[C@H](NC(=O)C1(C#N)CC1)C(=O)OCc1ccccc1. The topological polar surface area (TPSA) is 79.2 Å². The highest BCUT2D eigenvalue weighted by Crippen LogP contribution is 2.45. The van der Waals surface area contributed by atoms with E-state index in [2.05, 4.69) is 5.32 Å². The van der Waals surface area contributed by atoms with Gasteiger partial charge in [0.1, 0.15) is 18.1 Å². The van der Waals surface area contributed by atoms with Gasteiger partial charge in [-0.25, -0.2) is 4.79 Å². The van der Waals surface area contributed by atoms with Crippen LogP contribution in [0.2, 0.25) is 0 Å². The molecule has 122 valence electrons. The molecular formula is C18H22N2O3. The van der Waals surface area contributed by atoms with Crippen molar-refractivity contribution in [3.8, 4) is 6.07 Å². The number of nitrogens with zero attached hydrogens (tertiary/aromatic N) is 1. The summed E-state index contributed by atoms with van der Waals surface area (Å²) in [6, 6.07) is 10.6. The maximum atomic E-state index is 12.4. The van der Waals surface area contributed by atoms with Gasteiger partial charge in [-0.3, -0.25) is 4.79 Å². The number of hydrogen-bond donors (Lipinski definition) is 1. The number of nitriles is 1. The minimum atomic E-state index is -0.955. The fourth-order valence-corrected chi connectivity index (χ4v) is 2.22. The number of rotatable bonds is 5. The Morgan fingerprint density at radius 1 is 1.30 bits per heavy atom. The van der Waals surface area contributed by atoms with E-state index in [0.717, 1.165) is 5.56 Å². The van der Waals surface area contributed by atoms with Crippen LogP contribution in [0.5, 0.6) is 0 Å². The lowest BCUT2D eigenvalue weighted by Crippen LogP contribution is -2.51. The number of carbonyl (C=O) groups is 2. The third-order valence-corrected chi connectivity index (χ3v) is 4.00. The first-order valence-corrected chi connectivity index (χ1v) is 7.71. The van der Waals surface area contributed by atoms with Gasteiger partial charge in [0.15, 0.2) is 0 Å². The molecule has 1 atom stereocenters. The molecule has 0 unspecified atom stereocenters. The van der Waals surface area contributed by atoms with Gasteiger partial charge in [-0.1, -0.05) is 51.1 Å². The number of nitrogens with one attached hydrogen (secondary N) is 1. The first-order valence-electron chi connectivity index (χ1n) is 7.71. The quantitative estimate of drug-likeness (QED) is 0.847. The third-order valence-electron chi connectivity index (χ3n) is 4.00. The van der Waals surface area contributed by atoms with Crippen LogP contribution in [0.1, 0.15) is 39.2 Å². The van der Waals surface area contributed by atoms with Crippen LogP contribution in [-0.2, 0) is 20.9 Å². The molecule has 1 aromatic rings. The second-order valence-electron chi connectivity index (χ2n) is 7.06. The van der Waals surface area contributed by atoms with E-state index in [1.165, 1.54) is 0 Å². The molecule has 0 aliphatic heterocycles. The van der Waals surface area contributed by atoms with Gasteiger partial charge in [-0.05, 0) is 23.8 Å². The normalized spacial score (nSPS) is 16.8. The molecule has 1 amide bonds. The highest BCUT2D eigenvalue weighted by atomic mass is 16.5. The number of ether oxygens (including phenoxy) is 1. The highest BCUT2D eigenvalue weighted by molar-refractivity contribution is 5.92. The van der Waals surface area contributed by atoms with Gasteiger partial charge < -0.3 is 10.1 Å². The van der Waals surface area contributed by atoms with Crippen LogP contribution in [0.3, 0.4) is 0 Å². The predicted molar refractivity (Wildman–Crippen MR) is 84.9 cm³/mol. The predicted octanol–water partition coefficient (Wildman–Crippen LogP) is 2.56. The first kappa shape index (κ1) is 17.0. The zero-order chi connectivity index (χ0) is 17.1. The van der Waals surface area contributed by atoms with Gasteiger partial charge in [0.25, 0.3) is 0 Å². The molecule has 0 radical (unpaired) electrons. The Bertz CT molecular complexity index is 622. The molecule has 23 heavy (non-hydrogen) atoms. The van der Waals surface area contributed by atoms with Crippen molar-refractivity contribution in [3.05, 3.63) is 35.9 Å². The second-order valence-corrected chi connectivity index (χ2v) is 7.06. The molecule has 0 aromatic heterocycles. The molecule has 0 heterocycles. The lowest BCUT2D eigenvalue weighted by atomic mass is 9.86. The summed E-state index contributed by atoms with van der Waals surface area (Å²) in [6.45, 7) is 5.72. The van der Waals surface area contributed by atoms with Crippen LogP contribution >= 0.6 is 0 Å². The van der Waals surface area contributed by atoms with Crippen molar-refractivity contribution in [2.24, 2.45) is 10.8 Å². The van der Waals surface area contributed by atoms with Gasteiger partial charge in [0.05, 0.1) is 6.07 Å². The van der Waals surface area contributed by atoms with Crippen LogP contribution in [0, 0.1) is 22.2 Å². The molecule has 2 rings (SSSR count). The molecular weight excluding hydrogens is 292 g/mol. The Morgan fingerprint density at radius 3 is 2.39 bits per heavy atom. The zero-order valence-corrected chi connectivity index (χ0v) is 13.8. The van der Waals surface area contributed by atoms with Crippen molar-refractivity contribution < 1.29 is 14.3 Å². The van der Waals surface area contributed by atoms with Crippen molar-refractivity contribution in [2.45, 2.75) is 46.3 Å². The summed E-state index contributed by atoms with van der Waals surface area (Å²) in [6.07, 6.45) is 1.09. The maximum absolute atomic E-state index is 12.4. The lowest BCUT2D eigenvalue weighted by Gasteiger charge is -2.30. The Morgan fingerprint density at radius 2 is 1.91 bits per heavy atom. The summed E-state index contributed by atoms with van der Waals surface area (Å²) in [7, 11) is 0. The van der Waals surface area contributed by atoms with Crippen LogP contribution in [0.25, 0.3) is 0 Å². The van der Waals surface area contributed by atoms with E-state index < -0.39 is 22.8 Å². The monoisotopic (exact) mass is 314 g/mol. The van der Waals surface area contributed by atoms with E-state index in [1.54, 1.807) is 0 Å². The van der Waals surface area contributed by atoms with Crippen LogP contribution in [0.4, 0.5) is 0 Å². The van der Waals surface area contributed by atoms with E-state index in [1.807, 2.05) is 57.2 Å². The standard InChI is InChI=1S/C18H22N2O3/c1-17(2,3)14(20-16(22)18(12-19)9-10-18)15(21)23-11-13-7-5-4-6-8-13/h4-8,14H,9-11H2,1-3H3,(H,20,22)/t14-/m1/s1. The summed E-state index contributed by atoms with van der Waals surface area (Å²) in [4.78, 5) is 24.7. The smallest absolute Gasteiger partial charge is 0.329 e. The number of amides is 1. The lowest BCUT2D eigenvalue weighted by molar-refractivity contribution is -0.152. The first-order chi connectivity index (χ1) is 10.8. The fraction of sp³-hybridized carbons (Fsp3) is 0.500.